The van der Waals surface area contributed by atoms with Gasteiger partial charge in [0.2, 0.25) is 0 Å². The van der Waals surface area contributed by atoms with Gasteiger partial charge in [0.1, 0.15) is 5.82 Å². The van der Waals surface area contributed by atoms with E-state index < -0.39 is 33.5 Å². The van der Waals surface area contributed by atoms with E-state index in [1.807, 2.05) is 0 Å². The van der Waals surface area contributed by atoms with E-state index in [9.17, 15) is 30.8 Å². The predicted molar refractivity (Wildman–Crippen MR) is 103 cm³/mol. The lowest BCUT2D eigenvalue weighted by Gasteiger charge is -2.25. The summed E-state index contributed by atoms with van der Waals surface area (Å²) >= 11 is 0. The molecule has 2 rings (SSSR count). The van der Waals surface area contributed by atoms with Crippen LogP contribution in [0.15, 0.2) is 35.2 Å². The number of nitrogens with zero attached hydrogens (tertiary/aromatic N) is 1. The first-order valence-electron chi connectivity index (χ1n) is 8.93. The molecule has 0 aliphatic rings. The zero-order valence-corrected chi connectivity index (χ0v) is 17.6. The largest absolute Gasteiger partial charge is 0.465 e. The molecule has 0 N–H and O–H groups in total. The van der Waals surface area contributed by atoms with Gasteiger partial charge in [-0.1, -0.05) is 6.92 Å². The van der Waals surface area contributed by atoms with Gasteiger partial charge in [-0.3, -0.25) is 4.31 Å². The first-order valence-corrected chi connectivity index (χ1v) is 10.4. The normalized spacial score (nSPS) is 12.0. The number of alkyl halides is 3. The van der Waals surface area contributed by atoms with E-state index in [-0.39, 0.29) is 22.7 Å². The zero-order valence-electron chi connectivity index (χ0n) is 16.8. The minimum atomic E-state index is -4.90. The maximum atomic E-state index is 14.1. The number of esters is 1. The van der Waals surface area contributed by atoms with Crippen LogP contribution in [0.25, 0.3) is 0 Å². The molecule has 0 unspecified atom stereocenters. The summed E-state index contributed by atoms with van der Waals surface area (Å²) in [6, 6.07) is 4.44. The second kappa shape index (κ2) is 8.63. The van der Waals surface area contributed by atoms with Gasteiger partial charge in [0.05, 0.1) is 28.8 Å². The Kier molecular flexibility index (Phi) is 6.80. The standard InChI is InChI=1S/C20H21F4NO4S/c1-5-8-25(14-6-7-17(18(21)10-14)20(22,23)24)30(27,28)15-9-12(2)13(3)16(11-15)19(26)29-4/h6-7,9-11H,5,8H2,1-4H3. The Labute approximate surface area is 172 Å². The molecule has 0 aliphatic heterocycles. The third-order valence-corrected chi connectivity index (χ3v) is 6.41. The number of sulfonamides is 1. The average molecular weight is 447 g/mol. The Morgan fingerprint density at radius 2 is 1.77 bits per heavy atom. The van der Waals surface area contributed by atoms with Crippen molar-refractivity contribution in [1.82, 2.24) is 0 Å². The summed E-state index contributed by atoms with van der Waals surface area (Å²) in [6.07, 6.45) is -4.59. The molecule has 0 saturated heterocycles. The summed E-state index contributed by atoms with van der Waals surface area (Å²) < 4.78 is 84.7. The van der Waals surface area contributed by atoms with Crippen molar-refractivity contribution in [2.45, 2.75) is 38.3 Å². The second-order valence-electron chi connectivity index (χ2n) is 6.64. The quantitative estimate of drug-likeness (QED) is 0.469. The molecule has 0 saturated carbocycles. The Balaban J connectivity index is 2.64. The number of ether oxygens (including phenoxy) is 1. The van der Waals surface area contributed by atoms with Crippen LogP contribution in [-0.2, 0) is 20.9 Å². The number of methoxy groups -OCH3 is 1. The molecule has 0 aliphatic carbocycles. The van der Waals surface area contributed by atoms with Crippen molar-refractivity contribution in [3.8, 4) is 0 Å². The van der Waals surface area contributed by atoms with E-state index in [4.69, 9.17) is 0 Å². The minimum absolute atomic E-state index is 0.0473. The zero-order chi connectivity index (χ0) is 22.9. The number of carbonyl (C=O) groups excluding carboxylic acids is 1. The van der Waals surface area contributed by atoms with E-state index in [1.165, 1.54) is 6.07 Å². The molecular formula is C20H21F4NO4S. The lowest BCUT2D eigenvalue weighted by Crippen LogP contribution is -2.32. The van der Waals surface area contributed by atoms with Gasteiger partial charge >= 0.3 is 12.1 Å². The molecule has 164 valence electrons. The number of halogens is 4. The van der Waals surface area contributed by atoms with Crippen LogP contribution in [0.1, 0.15) is 40.4 Å². The van der Waals surface area contributed by atoms with Crippen LogP contribution in [0.3, 0.4) is 0 Å². The lowest BCUT2D eigenvalue weighted by atomic mass is 10.0. The van der Waals surface area contributed by atoms with E-state index in [0.29, 0.717) is 29.7 Å². The summed E-state index contributed by atoms with van der Waals surface area (Å²) in [6.45, 7) is 4.81. The van der Waals surface area contributed by atoms with Crippen molar-refractivity contribution in [1.29, 1.82) is 0 Å². The molecule has 0 heterocycles. The van der Waals surface area contributed by atoms with E-state index >= 15 is 0 Å². The summed E-state index contributed by atoms with van der Waals surface area (Å²) in [5.41, 5.74) is -0.652. The fourth-order valence-corrected chi connectivity index (χ4v) is 4.57. The molecular weight excluding hydrogens is 426 g/mol. The molecule has 0 spiro atoms. The van der Waals surface area contributed by atoms with Gasteiger partial charge in [0, 0.05) is 6.54 Å². The molecule has 0 atom stereocenters. The maximum Gasteiger partial charge on any atom is 0.419 e. The highest BCUT2D eigenvalue weighted by atomic mass is 32.2. The number of carbonyl (C=O) groups is 1. The SMILES string of the molecule is CCCN(c1ccc(C(F)(F)F)c(F)c1)S(=O)(=O)c1cc(C)c(C)c(C(=O)OC)c1. The van der Waals surface area contributed by atoms with E-state index in [1.54, 1.807) is 20.8 Å². The summed E-state index contributed by atoms with van der Waals surface area (Å²) in [5.74, 6) is -2.30. The molecule has 0 aromatic heterocycles. The third kappa shape index (κ3) is 4.58. The van der Waals surface area contributed by atoms with Gasteiger partial charge in [-0.05, 0) is 61.7 Å². The number of rotatable bonds is 6. The van der Waals surface area contributed by atoms with Gasteiger partial charge in [0.15, 0.2) is 0 Å². The average Bonchev–Trinajstić information content (AvgIpc) is 2.66. The molecule has 0 bridgehead atoms. The van der Waals surface area contributed by atoms with Crippen LogP contribution in [-0.4, -0.2) is 28.0 Å². The highest BCUT2D eigenvalue weighted by Gasteiger charge is 2.35. The summed E-state index contributed by atoms with van der Waals surface area (Å²) in [7, 11) is -3.15. The van der Waals surface area contributed by atoms with Crippen molar-refractivity contribution >= 4 is 21.7 Å². The first kappa shape index (κ1) is 23.7. The van der Waals surface area contributed by atoms with Gasteiger partial charge in [-0.15, -0.1) is 0 Å². The van der Waals surface area contributed by atoms with Crippen LogP contribution in [0, 0.1) is 19.7 Å². The van der Waals surface area contributed by atoms with Crippen LogP contribution >= 0.6 is 0 Å². The van der Waals surface area contributed by atoms with Gasteiger partial charge in [0.25, 0.3) is 10.0 Å². The second-order valence-corrected chi connectivity index (χ2v) is 8.51. The molecule has 0 amide bonds. The predicted octanol–water partition coefficient (Wildman–Crippen LogP) is 4.85. The molecule has 5 nitrogen and oxygen atoms in total. The van der Waals surface area contributed by atoms with Crippen molar-refractivity contribution < 1.29 is 35.5 Å². The first-order chi connectivity index (χ1) is 13.8. The molecule has 30 heavy (non-hydrogen) atoms. The fourth-order valence-electron chi connectivity index (χ4n) is 2.90. The van der Waals surface area contributed by atoms with Crippen molar-refractivity contribution in [3.63, 3.8) is 0 Å². The van der Waals surface area contributed by atoms with Crippen LogP contribution in [0.2, 0.25) is 0 Å². The lowest BCUT2D eigenvalue weighted by molar-refractivity contribution is -0.139. The third-order valence-electron chi connectivity index (χ3n) is 4.61. The maximum absolute atomic E-state index is 14.1. The van der Waals surface area contributed by atoms with Gasteiger partial charge in [-0.2, -0.15) is 13.2 Å². The Morgan fingerprint density at radius 1 is 1.13 bits per heavy atom. The summed E-state index contributed by atoms with van der Waals surface area (Å²) in [4.78, 5) is 11.8. The monoisotopic (exact) mass is 447 g/mol. The smallest absolute Gasteiger partial charge is 0.419 e. The van der Waals surface area contributed by atoms with Gasteiger partial charge < -0.3 is 4.74 Å². The van der Waals surface area contributed by atoms with E-state index in [0.717, 1.165) is 23.5 Å². The number of hydrogen-bond acceptors (Lipinski definition) is 4. The number of anilines is 1. The molecule has 2 aromatic carbocycles. The Morgan fingerprint density at radius 3 is 2.27 bits per heavy atom. The molecule has 2 aromatic rings. The number of benzene rings is 2. The fraction of sp³-hybridized carbons (Fsp3) is 0.350. The highest BCUT2D eigenvalue weighted by Crippen LogP contribution is 2.34. The Bertz CT molecular complexity index is 1070. The van der Waals surface area contributed by atoms with Crippen molar-refractivity contribution in [2.75, 3.05) is 18.0 Å². The van der Waals surface area contributed by atoms with Crippen molar-refractivity contribution in [2.24, 2.45) is 0 Å². The van der Waals surface area contributed by atoms with Crippen LogP contribution < -0.4 is 4.31 Å². The topological polar surface area (TPSA) is 63.7 Å². The van der Waals surface area contributed by atoms with E-state index in [2.05, 4.69) is 4.74 Å². The number of aryl methyl sites for hydroxylation is 1. The molecule has 0 radical (unpaired) electrons. The highest BCUT2D eigenvalue weighted by molar-refractivity contribution is 7.92. The molecule has 0 fully saturated rings. The minimum Gasteiger partial charge on any atom is -0.465 e. The molecule has 10 heteroatoms. The van der Waals surface area contributed by atoms with Gasteiger partial charge in [-0.25, -0.2) is 17.6 Å². The van der Waals surface area contributed by atoms with Crippen molar-refractivity contribution in [3.05, 3.63) is 58.4 Å². The number of hydrogen-bond donors (Lipinski definition) is 0. The summed E-state index contributed by atoms with van der Waals surface area (Å²) in [5, 5.41) is 0. The van der Waals surface area contributed by atoms with Crippen LogP contribution in [0.5, 0.6) is 0 Å². The Hall–Kier alpha value is -2.62. The van der Waals surface area contributed by atoms with Crippen LogP contribution in [0.4, 0.5) is 23.2 Å².